The van der Waals surface area contributed by atoms with E-state index in [1.165, 1.54) is 0 Å². The van der Waals surface area contributed by atoms with Gasteiger partial charge in [0.15, 0.2) is 0 Å². The first kappa shape index (κ1) is 21.4. The first-order chi connectivity index (χ1) is 9.61. The van der Waals surface area contributed by atoms with Gasteiger partial charge in [0, 0.05) is 49.3 Å². The van der Waals surface area contributed by atoms with Crippen molar-refractivity contribution in [3.8, 4) is 0 Å². The summed E-state index contributed by atoms with van der Waals surface area (Å²) in [4.78, 5) is 20.8. The highest BCUT2D eigenvalue weighted by Crippen LogP contribution is 2.17. The number of hydrogen-bond donors (Lipinski definition) is 1. The fourth-order valence-electron chi connectivity index (χ4n) is 2.42. The molecule has 2 rings (SSSR count). The Labute approximate surface area is 152 Å². The summed E-state index contributed by atoms with van der Waals surface area (Å²) in [6.07, 6.45) is 1.81. The number of nitrogens with zero attached hydrogens (tertiary/aromatic N) is 3. The van der Waals surface area contributed by atoms with Gasteiger partial charge in [0.25, 0.3) is 0 Å². The summed E-state index contributed by atoms with van der Waals surface area (Å²) < 4.78 is 0.982. The summed E-state index contributed by atoms with van der Waals surface area (Å²) in [6.45, 7) is 5.92. The average molecular weight is 414 g/mol. The second-order valence-corrected chi connectivity index (χ2v) is 6.02. The fraction of sp³-hybridized carbons (Fsp3) is 0.571. The predicted octanol–water partition coefficient (Wildman–Crippen LogP) is 2.19. The van der Waals surface area contributed by atoms with Gasteiger partial charge in [0.2, 0.25) is 5.91 Å². The summed E-state index contributed by atoms with van der Waals surface area (Å²) >= 11 is 3.39. The van der Waals surface area contributed by atoms with Crippen LogP contribution in [0, 0.1) is 5.92 Å². The minimum Gasteiger partial charge on any atom is -0.353 e. The molecule has 126 valence electrons. The SMILES string of the molecule is CNCC(C)C(=O)N1CCN(c2ccc(Br)cn2)CC1.Cl.Cl. The Bertz CT molecular complexity index is 453. The Balaban J connectivity index is 0.00000220. The minimum atomic E-state index is 0. The first-order valence-electron chi connectivity index (χ1n) is 6.91. The number of halogens is 3. The van der Waals surface area contributed by atoms with Crippen molar-refractivity contribution in [1.82, 2.24) is 15.2 Å². The van der Waals surface area contributed by atoms with Gasteiger partial charge in [-0.2, -0.15) is 0 Å². The molecular formula is C14H23BrCl2N4O. The molecule has 5 nitrogen and oxygen atoms in total. The van der Waals surface area contributed by atoms with Gasteiger partial charge in [-0.15, -0.1) is 24.8 Å². The number of hydrogen-bond acceptors (Lipinski definition) is 4. The lowest BCUT2D eigenvalue weighted by Gasteiger charge is -2.36. The second kappa shape index (κ2) is 10.3. The summed E-state index contributed by atoms with van der Waals surface area (Å²) in [6, 6.07) is 4.00. The number of pyridine rings is 1. The van der Waals surface area contributed by atoms with E-state index in [4.69, 9.17) is 0 Å². The number of nitrogens with one attached hydrogen (secondary N) is 1. The molecule has 1 atom stereocenters. The molecule has 1 amide bonds. The molecule has 0 aliphatic carbocycles. The Hall–Kier alpha value is -0.560. The number of piperazine rings is 1. The van der Waals surface area contributed by atoms with Gasteiger partial charge in [0.1, 0.15) is 5.82 Å². The van der Waals surface area contributed by atoms with Crippen molar-refractivity contribution in [2.75, 3.05) is 44.7 Å². The molecule has 0 radical (unpaired) electrons. The molecular weight excluding hydrogens is 391 g/mol. The number of rotatable bonds is 4. The highest BCUT2D eigenvalue weighted by Gasteiger charge is 2.24. The van der Waals surface area contributed by atoms with E-state index < -0.39 is 0 Å². The zero-order valence-electron chi connectivity index (χ0n) is 12.8. The summed E-state index contributed by atoms with van der Waals surface area (Å²) in [5, 5.41) is 3.06. The lowest BCUT2D eigenvalue weighted by Crippen LogP contribution is -2.51. The van der Waals surface area contributed by atoms with Gasteiger partial charge in [0.05, 0.1) is 0 Å². The standard InChI is InChI=1S/C14H21BrN4O.2ClH/c1-11(9-16-2)14(20)19-7-5-18(6-8-19)13-4-3-12(15)10-17-13;;/h3-4,10-11,16H,5-9H2,1-2H3;2*1H. The van der Waals surface area contributed by atoms with Crippen LogP contribution >= 0.6 is 40.7 Å². The third kappa shape index (κ3) is 5.57. The Kier molecular flexibility index (Phi) is 10.00. The zero-order valence-corrected chi connectivity index (χ0v) is 16.0. The van der Waals surface area contributed by atoms with Gasteiger partial charge >= 0.3 is 0 Å². The van der Waals surface area contributed by atoms with E-state index >= 15 is 0 Å². The molecule has 1 fully saturated rings. The van der Waals surface area contributed by atoms with Crippen LogP contribution in [-0.4, -0.2) is 55.6 Å². The van der Waals surface area contributed by atoms with Crippen LogP contribution in [0.3, 0.4) is 0 Å². The Morgan fingerprint density at radius 2 is 1.95 bits per heavy atom. The maximum Gasteiger partial charge on any atom is 0.226 e. The molecule has 0 aromatic carbocycles. The Morgan fingerprint density at radius 1 is 1.32 bits per heavy atom. The molecule has 1 aromatic heterocycles. The molecule has 1 aliphatic heterocycles. The van der Waals surface area contributed by atoms with E-state index in [2.05, 4.69) is 31.1 Å². The zero-order chi connectivity index (χ0) is 14.5. The molecule has 8 heteroatoms. The monoisotopic (exact) mass is 412 g/mol. The third-order valence-corrected chi connectivity index (χ3v) is 4.03. The predicted molar refractivity (Wildman–Crippen MR) is 98.3 cm³/mol. The molecule has 0 bridgehead atoms. The van der Waals surface area contributed by atoms with E-state index in [0.717, 1.165) is 43.0 Å². The number of carbonyl (C=O) groups excluding carboxylic acids is 1. The van der Waals surface area contributed by atoms with Crippen molar-refractivity contribution in [1.29, 1.82) is 0 Å². The summed E-state index contributed by atoms with van der Waals surface area (Å²) in [7, 11) is 1.88. The van der Waals surface area contributed by atoms with Gasteiger partial charge in [-0.3, -0.25) is 4.79 Å². The molecule has 0 saturated carbocycles. The number of anilines is 1. The van der Waals surface area contributed by atoms with Crippen LogP contribution in [0.1, 0.15) is 6.92 Å². The summed E-state index contributed by atoms with van der Waals surface area (Å²) in [5.41, 5.74) is 0. The quantitative estimate of drug-likeness (QED) is 0.821. The first-order valence-corrected chi connectivity index (χ1v) is 7.71. The van der Waals surface area contributed by atoms with Crippen molar-refractivity contribution in [2.45, 2.75) is 6.92 Å². The van der Waals surface area contributed by atoms with E-state index in [1.807, 2.05) is 37.2 Å². The van der Waals surface area contributed by atoms with Crippen LogP contribution < -0.4 is 10.2 Å². The fourth-order valence-corrected chi connectivity index (χ4v) is 2.65. The molecule has 1 aliphatic rings. The van der Waals surface area contributed by atoms with Crippen LogP contribution in [0.15, 0.2) is 22.8 Å². The van der Waals surface area contributed by atoms with E-state index in [-0.39, 0.29) is 36.6 Å². The maximum absolute atomic E-state index is 12.2. The van der Waals surface area contributed by atoms with Crippen molar-refractivity contribution in [3.63, 3.8) is 0 Å². The van der Waals surface area contributed by atoms with Crippen molar-refractivity contribution in [2.24, 2.45) is 5.92 Å². The Morgan fingerprint density at radius 3 is 2.45 bits per heavy atom. The smallest absolute Gasteiger partial charge is 0.226 e. The van der Waals surface area contributed by atoms with E-state index in [0.29, 0.717) is 0 Å². The molecule has 2 heterocycles. The van der Waals surface area contributed by atoms with Crippen LogP contribution in [0.25, 0.3) is 0 Å². The molecule has 1 saturated heterocycles. The van der Waals surface area contributed by atoms with E-state index in [1.54, 1.807) is 0 Å². The molecule has 0 spiro atoms. The van der Waals surface area contributed by atoms with Crippen molar-refractivity contribution in [3.05, 3.63) is 22.8 Å². The van der Waals surface area contributed by atoms with Crippen molar-refractivity contribution < 1.29 is 4.79 Å². The second-order valence-electron chi connectivity index (χ2n) is 5.11. The van der Waals surface area contributed by atoms with Gasteiger partial charge in [-0.05, 0) is 35.1 Å². The number of aromatic nitrogens is 1. The number of amides is 1. The normalized spacial score (nSPS) is 15.6. The highest BCUT2D eigenvalue weighted by atomic mass is 79.9. The van der Waals surface area contributed by atoms with Crippen LogP contribution in [0.5, 0.6) is 0 Å². The van der Waals surface area contributed by atoms with E-state index in [9.17, 15) is 4.79 Å². The lowest BCUT2D eigenvalue weighted by atomic mass is 10.1. The lowest BCUT2D eigenvalue weighted by molar-refractivity contribution is -0.135. The highest BCUT2D eigenvalue weighted by molar-refractivity contribution is 9.10. The van der Waals surface area contributed by atoms with Crippen LogP contribution in [0.4, 0.5) is 5.82 Å². The number of carbonyl (C=O) groups is 1. The molecule has 1 aromatic rings. The molecule has 1 N–H and O–H groups in total. The van der Waals surface area contributed by atoms with Gasteiger partial charge < -0.3 is 15.1 Å². The topological polar surface area (TPSA) is 48.5 Å². The largest absolute Gasteiger partial charge is 0.353 e. The van der Waals surface area contributed by atoms with Crippen LogP contribution in [-0.2, 0) is 4.79 Å². The van der Waals surface area contributed by atoms with Crippen molar-refractivity contribution >= 4 is 52.5 Å². The van der Waals surface area contributed by atoms with Crippen LogP contribution in [0.2, 0.25) is 0 Å². The van der Waals surface area contributed by atoms with Gasteiger partial charge in [-0.25, -0.2) is 4.98 Å². The molecule has 22 heavy (non-hydrogen) atoms. The third-order valence-electron chi connectivity index (χ3n) is 3.56. The minimum absolute atomic E-state index is 0. The summed E-state index contributed by atoms with van der Waals surface area (Å²) in [5.74, 6) is 1.25. The maximum atomic E-state index is 12.2. The average Bonchev–Trinajstić information content (AvgIpc) is 2.48. The van der Waals surface area contributed by atoms with Gasteiger partial charge in [-0.1, -0.05) is 6.92 Å². The molecule has 1 unspecified atom stereocenters.